The van der Waals surface area contributed by atoms with Gasteiger partial charge in [0.25, 0.3) is 0 Å². The summed E-state index contributed by atoms with van der Waals surface area (Å²) in [6, 6.07) is 8.49. The third-order valence-corrected chi connectivity index (χ3v) is 3.64. The minimum Gasteiger partial charge on any atom is -0.324 e. The van der Waals surface area contributed by atoms with Crippen LogP contribution < -0.4 is 5.73 Å². The minimum absolute atomic E-state index is 0. The summed E-state index contributed by atoms with van der Waals surface area (Å²) in [6.07, 6.45) is 3.94. The molecular formula is C11H15BrClN. The average Bonchev–Trinajstić information content (AvgIpc) is 2.01. The Bertz CT molecular complexity index is 299. The molecular weight excluding hydrogens is 261 g/mol. The van der Waals surface area contributed by atoms with E-state index in [1.54, 1.807) is 0 Å². The van der Waals surface area contributed by atoms with Gasteiger partial charge in [-0.25, -0.2) is 0 Å². The van der Waals surface area contributed by atoms with E-state index >= 15 is 0 Å². The van der Waals surface area contributed by atoms with Gasteiger partial charge in [0, 0.05) is 10.5 Å². The van der Waals surface area contributed by atoms with E-state index in [1.165, 1.54) is 24.8 Å². The number of nitrogens with two attached hydrogens (primary N) is 1. The van der Waals surface area contributed by atoms with Crippen LogP contribution in [0.25, 0.3) is 0 Å². The van der Waals surface area contributed by atoms with Gasteiger partial charge in [0.15, 0.2) is 0 Å². The summed E-state index contributed by atoms with van der Waals surface area (Å²) in [4.78, 5) is 0. The lowest BCUT2D eigenvalue weighted by molar-refractivity contribution is 0.264. The molecule has 1 atom stereocenters. The number of rotatable bonds is 2. The fourth-order valence-corrected chi connectivity index (χ4v) is 2.35. The molecule has 1 aromatic carbocycles. The maximum Gasteiger partial charge on any atom is 0.0334 e. The van der Waals surface area contributed by atoms with Crippen LogP contribution in [0, 0.1) is 5.92 Å². The molecule has 0 spiro atoms. The molecule has 1 saturated carbocycles. The molecule has 2 rings (SSSR count). The first-order valence-corrected chi connectivity index (χ1v) is 5.58. The number of hydrogen-bond donors (Lipinski definition) is 1. The van der Waals surface area contributed by atoms with Gasteiger partial charge in [-0.15, -0.1) is 12.4 Å². The highest BCUT2D eigenvalue weighted by atomic mass is 79.9. The molecule has 3 heteroatoms. The van der Waals surface area contributed by atoms with Crippen LogP contribution in [0.3, 0.4) is 0 Å². The van der Waals surface area contributed by atoms with E-state index < -0.39 is 0 Å². The Kier molecular flexibility index (Phi) is 4.42. The maximum atomic E-state index is 6.17. The molecule has 1 aromatic rings. The van der Waals surface area contributed by atoms with Gasteiger partial charge in [-0.2, -0.15) is 0 Å². The fraction of sp³-hybridized carbons (Fsp3) is 0.455. The van der Waals surface area contributed by atoms with E-state index in [0.29, 0.717) is 5.92 Å². The Morgan fingerprint density at radius 3 is 2.43 bits per heavy atom. The molecule has 0 amide bonds. The summed E-state index contributed by atoms with van der Waals surface area (Å²) in [5.41, 5.74) is 7.43. The van der Waals surface area contributed by atoms with Crippen LogP contribution in [-0.4, -0.2) is 0 Å². The lowest BCUT2D eigenvalue weighted by Gasteiger charge is -2.31. The molecule has 78 valence electrons. The summed E-state index contributed by atoms with van der Waals surface area (Å²) in [6.45, 7) is 0. The second kappa shape index (κ2) is 5.15. The van der Waals surface area contributed by atoms with Crippen LogP contribution >= 0.6 is 28.3 Å². The third kappa shape index (κ3) is 2.30. The monoisotopic (exact) mass is 275 g/mol. The summed E-state index contributed by atoms with van der Waals surface area (Å²) in [5, 5.41) is 0. The van der Waals surface area contributed by atoms with Crippen LogP contribution in [-0.2, 0) is 0 Å². The van der Waals surface area contributed by atoms with Crippen molar-refractivity contribution in [3.05, 3.63) is 34.3 Å². The second-order valence-electron chi connectivity index (χ2n) is 3.74. The van der Waals surface area contributed by atoms with Crippen molar-refractivity contribution in [2.75, 3.05) is 0 Å². The van der Waals surface area contributed by atoms with Crippen LogP contribution in [0.1, 0.15) is 30.9 Å². The molecule has 0 bridgehead atoms. The third-order valence-electron chi connectivity index (χ3n) is 2.92. The Morgan fingerprint density at radius 1 is 1.29 bits per heavy atom. The Hall–Kier alpha value is -0.0500. The predicted molar refractivity (Wildman–Crippen MR) is 65.7 cm³/mol. The quantitative estimate of drug-likeness (QED) is 0.876. The smallest absolute Gasteiger partial charge is 0.0334 e. The first kappa shape index (κ1) is 12.0. The standard InChI is InChI=1S/C11H14BrN.ClH/c12-10-7-2-1-6-9(10)11(13)8-4-3-5-8;/h1-2,6-8,11H,3-5,13H2;1H/t11-;/m0./s1. The van der Waals surface area contributed by atoms with Crippen molar-refractivity contribution in [2.24, 2.45) is 11.7 Å². The van der Waals surface area contributed by atoms with Crippen LogP contribution in [0.5, 0.6) is 0 Å². The molecule has 0 radical (unpaired) electrons. The molecule has 0 heterocycles. The van der Waals surface area contributed by atoms with Gasteiger partial charge in [-0.3, -0.25) is 0 Å². The summed E-state index contributed by atoms with van der Waals surface area (Å²) in [5.74, 6) is 0.707. The van der Waals surface area contributed by atoms with Crippen molar-refractivity contribution < 1.29 is 0 Å². The molecule has 1 aliphatic rings. The van der Waals surface area contributed by atoms with E-state index in [0.717, 1.165) is 4.47 Å². The summed E-state index contributed by atoms with van der Waals surface area (Å²) < 4.78 is 1.15. The fourth-order valence-electron chi connectivity index (χ4n) is 1.80. The largest absolute Gasteiger partial charge is 0.324 e. The van der Waals surface area contributed by atoms with Gasteiger partial charge in [0.1, 0.15) is 0 Å². The minimum atomic E-state index is 0. The van der Waals surface area contributed by atoms with Crippen molar-refractivity contribution in [2.45, 2.75) is 25.3 Å². The van der Waals surface area contributed by atoms with Gasteiger partial charge in [0.2, 0.25) is 0 Å². The zero-order valence-corrected chi connectivity index (χ0v) is 10.4. The first-order valence-electron chi connectivity index (χ1n) is 4.79. The molecule has 0 saturated heterocycles. The van der Waals surface area contributed by atoms with E-state index in [2.05, 4.69) is 34.1 Å². The zero-order chi connectivity index (χ0) is 9.26. The average molecular weight is 277 g/mol. The Labute approximate surface area is 99.6 Å². The Morgan fingerprint density at radius 2 is 1.93 bits per heavy atom. The maximum absolute atomic E-state index is 6.17. The molecule has 0 unspecified atom stereocenters. The van der Waals surface area contributed by atoms with Gasteiger partial charge in [0.05, 0.1) is 0 Å². The lowest BCUT2D eigenvalue weighted by Crippen LogP contribution is -2.27. The predicted octanol–water partition coefficient (Wildman–Crippen LogP) is 3.67. The van der Waals surface area contributed by atoms with Gasteiger partial charge >= 0.3 is 0 Å². The van der Waals surface area contributed by atoms with Gasteiger partial charge in [-0.05, 0) is 30.4 Å². The number of benzene rings is 1. The van der Waals surface area contributed by atoms with Crippen molar-refractivity contribution in [1.29, 1.82) is 0 Å². The summed E-state index contributed by atoms with van der Waals surface area (Å²) >= 11 is 3.54. The van der Waals surface area contributed by atoms with Crippen molar-refractivity contribution in [3.63, 3.8) is 0 Å². The molecule has 14 heavy (non-hydrogen) atoms. The van der Waals surface area contributed by atoms with Gasteiger partial charge < -0.3 is 5.73 Å². The first-order chi connectivity index (χ1) is 6.29. The number of halogens is 2. The molecule has 0 aromatic heterocycles. The van der Waals surface area contributed by atoms with Crippen LogP contribution in [0.15, 0.2) is 28.7 Å². The van der Waals surface area contributed by atoms with Gasteiger partial charge in [-0.1, -0.05) is 40.5 Å². The van der Waals surface area contributed by atoms with E-state index in [-0.39, 0.29) is 18.4 Å². The highest BCUT2D eigenvalue weighted by Crippen LogP contribution is 2.38. The topological polar surface area (TPSA) is 26.0 Å². The highest BCUT2D eigenvalue weighted by molar-refractivity contribution is 9.10. The number of hydrogen-bond acceptors (Lipinski definition) is 1. The Balaban J connectivity index is 0.000000980. The molecule has 2 N–H and O–H groups in total. The van der Waals surface area contributed by atoms with E-state index in [9.17, 15) is 0 Å². The molecule has 0 aliphatic heterocycles. The van der Waals surface area contributed by atoms with E-state index in [4.69, 9.17) is 5.73 Å². The molecule has 1 aliphatic carbocycles. The molecule has 1 nitrogen and oxygen atoms in total. The normalized spacial score (nSPS) is 18.1. The SMILES string of the molecule is Cl.N[C@H](c1ccccc1Br)C1CCC1. The lowest BCUT2D eigenvalue weighted by atomic mass is 9.78. The van der Waals surface area contributed by atoms with Crippen molar-refractivity contribution >= 4 is 28.3 Å². The second-order valence-corrected chi connectivity index (χ2v) is 4.59. The van der Waals surface area contributed by atoms with Crippen molar-refractivity contribution in [1.82, 2.24) is 0 Å². The zero-order valence-electron chi connectivity index (χ0n) is 7.95. The van der Waals surface area contributed by atoms with Crippen LogP contribution in [0.2, 0.25) is 0 Å². The van der Waals surface area contributed by atoms with Crippen LogP contribution in [0.4, 0.5) is 0 Å². The van der Waals surface area contributed by atoms with E-state index in [1.807, 2.05) is 6.07 Å². The highest BCUT2D eigenvalue weighted by Gasteiger charge is 2.26. The molecule has 1 fully saturated rings. The van der Waals surface area contributed by atoms with Crippen molar-refractivity contribution in [3.8, 4) is 0 Å². The summed E-state index contributed by atoms with van der Waals surface area (Å²) in [7, 11) is 0.